The minimum Gasteiger partial charge on any atom is -0.467 e. The fourth-order valence-corrected chi connectivity index (χ4v) is 1.82. The van der Waals surface area contributed by atoms with Gasteiger partial charge in [-0.05, 0) is 31.5 Å². The second-order valence-electron chi connectivity index (χ2n) is 4.37. The van der Waals surface area contributed by atoms with Gasteiger partial charge < -0.3 is 20.2 Å². The molecule has 2 aromatic rings. The zero-order valence-electron chi connectivity index (χ0n) is 12.2. The van der Waals surface area contributed by atoms with Gasteiger partial charge in [0.15, 0.2) is 0 Å². The quantitative estimate of drug-likeness (QED) is 0.643. The minimum absolute atomic E-state index is 0. The van der Waals surface area contributed by atoms with Crippen LogP contribution in [0.25, 0.3) is 10.9 Å². The van der Waals surface area contributed by atoms with Crippen molar-refractivity contribution in [3.63, 3.8) is 0 Å². The SMILES string of the molecule is COC(=O)[C@H](C)Nc1nc2ccc(N)c(C)c2c(=O)o1.Cl.Cl. The first-order chi connectivity index (χ1) is 9.43. The summed E-state index contributed by atoms with van der Waals surface area (Å²) in [6, 6.07) is 2.58. The minimum atomic E-state index is -0.678. The van der Waals surface area contributed by atoms with Crippen molar-refractivity contribution >= 4 is 53.4 Å². The Morgan fingerprint density at radius 2 is 2.05 bits per heavy atom. The van der Waals surface area contributed by atoms with E-state index in [4.69, 9.17) is 10.2 Å². The zero-order valence-corrected chi connectivity index (χ0v) is 13.8. The fraction of sp³-hybridized carbons (Fsp3) is 0.308. The molecular formula is C13H17Cl2N3O4. The van der Waals surface area contributed by atoms with E-state index >= 15 is 0 Å². The summed E-state index contributed by atoms with van der Waals surface area (Å²) >= 11 is 0. The Balaban J connectivity index is 0.00000220. The molecule has 0 fully saturated rings. The number of hydrogen-bond acceptors (Lipinski definition) is 7. The highest BCUT2D eigenvalue weighted by molar-refractivity contribution is 5.86. The van der Waals surface area contributed by atoms with Crippen molar-refractivity contribution in [1.82, 2.24) is 4.98 Å². The maximum absolute atomic E-state index is 12.0. The van der Waals surface area contributed by atoms with Crippen LogP contribution in [-0.4, -0.2) is 24.1 Å². The van der Waals surface area contributed by atoms with Gasteiger partial charge in [0.05, 0.1) is 18.0 Å². The lowest BCUT2D eigenvalue weighted by Gasteiger charge is -2.11. The number of anilines is 2. The Kier molecular flexibility index (Phi) is 7.15. The summed E-state index contributed by atoms with van der Waals surface area (Å²) in [5.41, 5.74) is 6.76. The normalized spacial score (nSPS) is 11.0. The van der Waals surface area contributed by atoms with Crippen molar-refractivity contribution in [2.45, 2.75) is 19.9 Å². The summed E-state index contributed by atoms with van der Waals surface area (Å²) < 4.78 is 9.62. The van der Waals surface area contributed by atoms with E-state index in [1.165, 1.54) is 7.11 Å². The predicted molar refractivity (Wildman–Crippen MR) is 89.0 cm³/mol. The maximum Gasteiger partial charge on any atom is 0.348 e. The van der Waals surface area contributed by atoms with Crippen LogP contribution in [0.1, 0.15) is 12.5 Å². The third-order valence-electron chi connectivity index (χ3n) is 3.00. The van der Waals surface area contributed by atoms with Crippen molar-refractivity contribution in [2.24, 2.45) is 0 Å². The number of hydrogen-bond donors (Lipinski definition) is 2. The summed E-state index contributed by atoms with van der Waals surface area (Å²) in [5, 5.41) is 3.01. The number of ether oxygens (including phenoxy) is 1. The summed E-state index contributed by atoms with van der Waals surface area (Å²) in [6.45, 7) is 3.30. The van der Waals surface area contributed by atoms with E-state index in [0.29, 0.717) is 22.2 Å². The highest BCUT2D eigenvalue weighted by Gasteiger charge is 2.16. The third kappa shape index (κ3) is 3.80. The van der Waals surface area contributed by atoms with Crippen LogP contribution in [0.4, 0.5) is 11.7 Å². The molecule has 0 spiro atoms. The number of methoxy groups -OCH3 is 1. The van der Waals surface area contributed by atoms with E-state index in [0.717, 1.165) is 0 Å². The molecule has 0 radical (unpaired) electrons. The molecule has 9 heteroatoms. The van der Waals surface area contributed by atoms with Crippen LogP contribution in [-0.2, 0) is 9.53 Å². The average Bonchev–Trinajstić information content (AvgIpc) is 2.41. The number of halogens is 2. The molecule has 1 aromatic carbocycles. The number of nitrogen functional groups attached to an aromatic ring is 1. The van der Waals surface area contributed by atoms with Gasteiger partial charge in [-0.15, -0.1) is 24.8 Å². The number of esters is 1. The van der Waals surface area contributed by atoms with E-state index in [1.807, 2.05) is 0 Å². The molecular weight excluding hydrogens is 333 g/mol. The number of rotatable bonds is 3. The molecule has 0 bridgehead atoms. The molecule has 1 heterocycles. The number of nitrogens with two attached hydrogens (primary N) is 1. The number of benzene rings is 1. The number of nitrogens with zero attached hydrogens (tertiary/aromatic N) is 1. The van der Waals surface area contributed by atoms with Crippen LogP contribution in [0, 0.1) is 6.92 Å². The molecule has 0 saturated heterocycles. The monoisotopic (exact) mass is 349 g/mol. The number of carbonyl (C=O) groups excluding carboxylic acids is 1. The van der Waals surface area contributed by atoms with Gasteiger partial charge in [0.1, 0.15) is 6.04 Å². The Morgan fingerprint density at radius 3 is 2.64 bits per heavy atom. The average molecular weight is 350 g/mol. The van der Waals surface area contributed by atoms with Crippen molar-refractivity contribution in [3.05, 3.63) is 28.1 Å². The molecule has 22 heavy (non-hydrogen) atoms. The van der Waals surface area contributed by atoms with Crippen LogP contribution < -0.4 is 16.7 Å². The number of fused-ring (bicyclic) bond motifs is 1. The van der Waals surface area contributed by atoms with Gasteiger partial charge in [0.2, 0.25) is 0 Å². The standard InChI is InChI=1S/C13H15N3O4.2ClH/c1-6-8(14)4-5-9-10(6)12(18)20-13(16-9)15-7(2)11(17)19-3;;/h4-5,7H,14H2,1-3H3,(H,15,16);2*1H/t7-;;/m0../s1. The summed E-state index contributed by atoms with van der Waals surface area (Å²) in [7, 11) is 1.27. The van der Waals surface area contributed by atoms with Gasteiger partial charge in [0, 0.05) is 5.69 Å². The van der Waals surface area contributed by atoms with Gasteiger partial charge >= 0.3 is 11.6 Å². The number of carbonyl (C=O) groups is 1. The third-order valence-corrected chi connectivity index (χ3v) is 3.00. The fourth-order valence-electron chi connectivity index (χ4n) is 1.82. The van der Waals surface area contributed by atoms with E-state index < -0.39 is 17.6 Å². The number of aromatic nitrogens is 1. The van der Waals surface area contributed by atoms with Crippen LogP contribution in [0.2, 0.25) is 0 Å². The molecule has 0 saturated carbocycles. The molecule has 2 rings (SSSR count). The molecule has 0 aliphatic rings. The van der Waals surface area contributed by atoms with Crippen molar-refractivity contribution in [3.8, 4) is 0 Å². The Hall–Kier alpha value is -1.99. The molecule has 122 valence electrons. The lowest BCUT2D eigenvalue weighted by molar-refractivity contribution is -0.141. The Morgan fingerprint density at radius 1 is 1.41 bits per heavy atom. The van der Waals surface area contributed by atoms with Gasteiger partial charge in [-0.1, -0.05) is 0 Å². The first kappa shape index (κ1) is 20.0. The molecule has 0 aliphatic heterocycles. The molecule has 3 N–H and O–H groups in total. The van der Waals surface area contributed by atoms with Gasteiger partial charge in [-0.3, -0.25) is 0 Å². The second-order valence-corrected chi connectivity index (χ2v) is 4.37. The van der Waals surface area contributed by atoms with Gasteiger partial charge in [-0.25, -0.2) is 9.59 Å². The van der Waals surface area contributed by atoms with E-state index in [2.05, 4.69) is 15.0 Å². The molecule has 0 unspecified atom stereocenters. The smallest absolute Gasteiger partial charge is 0.348 e. The van der Waals surface area contributed by atoms with Crippen LogP contribution in [0.15, 0.2) is 21.3 Å². The van der Waals surface area contributed by atoms with Crippen LogP contribution in [0.5, 0.6) is 0 Å². The Bertz CT molecular complexity index is 733. The van der Waals surface area contributed by atoms with E-state index in [-0.39, 0.29) is 30.8 Å². The van der Waals surface area contributed by atoms with E-state index in [1.54, 1.807) is 26.0 Å². The lowest BCUT2D eigenvalue weighted by atomic mass is 10.1. The van der Waals surface area contributed by atoms with Gasteiger partial charge in [-0.2, -0.15) is 4.98 Å². The van der Waals surface area contributed by atoms with Crippen LogP contribution in [0.3, 0.4) is 0 Å². The molecule has 0 aliphatic carbocycles. The topological polar surface area (TPSA) is 107 Å². The second kappa shape index (κ2) is 7.86. The molecule has 0 amide bonds. The molecule has 1 aromatic heterocycles. The number of nitrogens with one attached hydrogen (secondary N) is 1. The largest absolute Gasteiger partial charge is 0.467 e. The van der Waals surface area contributed by atoms with Crippen molar-refractivity contribution in [1.29, 1.82) is 0 Å². The van der Waals surface area contributed by atoms with Crippen molar-refractivity contribution < 1.29 is 13.9 Å². The van der Waals surface area contributed by atoms with Gasteiger partial charge in [0.25, 0.3) is 6.01 Å². The maximum atomic E-state index is 12.0. The Labute approximate surface area is 139 Å². The first-order valence-corrected chi connectivity index (χ1v) is 5.98. The van der Waals surface area contributed by atoms with E-state index in [9.17, 15) is 9.59 Å². The lowest BCUT2D eigenvalue weighted by Crippen LogP contribution is -2.28. The molecule has 7 nitrogen and oxygen atoms in total. The highest BCUT2D eigenvalue weighted by Crippen LogP contribution is 2.20. The zero-order chi connectivity index (χ0) is 14.9. The predicted octanol–water partition coefficient (Wildman–Crippen LogP) is 1.90. The number of aryl methyl sites for hydroxylation is 1. The highest BCUT2D eigenvalue weighted by atomic mass is 35.5. The van der Waals surface area contributed by atoms with Crippen molar-refractivity contribution in [2.75, 3.05) is 18.2 Å². The van der Waals surface area contributed by atoms with Crippen LogP contribution >= 0.6 is 24.8 Å². The molecule has 1 atom stereocenters. The summed E-state index contributed by atoms with van der Waals surface area (Å²) in [5.74, 6) is -0.483. The first-order valence-electron chi connectivity index (χ1n) is 5.98. The summed E-state index contributed by atoms with van der Waals surface area (Å²) in [4.78, 5) is 27.4. The summed E-state index contributed by atoms with van der Waals surface area (Å²) in [6.07, 6.45) is 0.